The van der Waals surface area contributed by atoms with Crippen LogP contribution in [0.1, 0.15) is 56.7 Å². The summed E-state index contributed by atoms with van der Waals surface area (Å²) >= 11 is 0. The van der Waals surface area contributed by atoms with E-state index in [4.69, 9.17) is 5.10 Å². The van der Waals surface area contributed by atoms with Gasteiger partial charge in [-0.05, 0) is 45.1 Å². The Morgan fingerprint density at radius 3 is 2.72 bits per heavy atom. The lowest BCUT2D eigenvalue weighted by molar-refractivity contribution is 0.0669. The van der Waals surface area contributed by atoms with Crippen molar-refractivity contribution in [2.45, 2.75) is 70.1 Å². The van der Waals surface area contributed by atoms with Crippen LogP contribution < -0.4 is 15.8 Å². The molecule has 0 radical (unpaired) electrons. The van der Waals surface area contributed by atoms with Crippen molar-refractivity contribution in [1.29, 1.82) is 0 Å². The second-order valence-electron chi connectivity index (χ2n) is 8.11. The fraction of sp³-hybridized carbons (Fsp3) is 0.619. The van der Waals surface area contributed by atoms with E-state index in [1.54, 1.807) is 18.5 Å². The van der Waals surface area contributed by atoms with E-state index in [0.29, 0.717) is 0 Å². The van der Waals surface area contributed by atoms with Gasteiger partial charge in [-0.1, -0.05) is 12.8 Å². The molecule has 0 bridgehead atoms. The third-order valence-corrected chi connectivity index (χ3v) is 6.13. The zero-order valence-electron chi connectivity index (χ0n) is 17.0. The standard InChI is InChI=1S/C21H30N6O2/c1-15-21(23-12-11-22-15)24-14-16-6-4-5-13-26(16)19-9-10-20(29)27(25-19)17-7-2-3-8-18(17)28/h9-12,16-18,28H,2-8,13-14H2,1H3,(H,23,24). The number of aliphatic hydroxyl groups is 1. The number of aromatic nitrogens is 4. The normalized spacial score (nSPS) is 25.0. The zero-order chi connectivity index (χ0) is 20.2. The van der Waals surface area contributed by atoms with Gasteiger partial charge in [-0.15, -0.1) is 0 Å². The molecule has 29 heavy (non-hydrogen) atoms. The summed E-state index contributed by atoms with van der Waals surface area (Å²) < 4.78 is 1.52. The van der Waals surface area contributed by atoms with Gasteiger partial charge in [0.15, 0.2) is 0 Å². The molecule has 1 saturated carbocycles. The van der Waals surface area contributed by atoms with Gasteiger partial charge in [0.05, 0.1) is 17.8 Å². The number of hydrogen-bond donors (Lipinski definition) is 2. The summed E-state index contributed by atoms with van der Waals surface area (Å²) in [7, 11) is 0. The Hall–Kier alpha value is -2.48. The number of aliphatic hydroxyl groups excluding tert-OH is 1. The number of aryl methyl sites for hydroxylation is 1. The molecule has 4 rings (SSSR count). The molecule has 0 spiro atoms. The Balaban J connectivity index is 1.54. The van der Waals surface area contributed by atoms with Crippen LogP contribution in [0.3, 0.4) is 0 Å². The largest absolute Gasteiger partial charge is 0.391 e. The Bertz CT molecular complexity index is 885. The highest BCUT2D eigenvalue weighted by molar-refractivity contribution is 5.42. The Morgan fingerprint density at radius 1 is 1.10 bits per heavy atom. The molecule has 3 unspecified atom stereocenters. The topological polar surface area (TPSA) is 96.2 Å². The summed E-state index contributed by atoms with van der Waals surface area (Å²) in [6.07, 6.45) is 9.78. The predicted octanol–water partition coefficient (Wildman–Crippen LogP) is 2.29. The van der Waals surface area contributed by atoms with E-state index in [1.807, 2.05) is 13.0 Å². The van der Waals surface area contributed by atoms with E-state index in [9.17, 15) is 9.90 Å². The first kappa shape index (κ1) is 19.8. The molecule has 3 heterocycles. The van der Waals surface area contributed by atoms with Gasteiger partial charge in [-0.25, -0.2) is 9.67 Å². The molecule has 0 aromatic carbocycles. The lowest BCUT2D eigenvalue weighted by Gasteiger charge is -2.37. The quantitative estimate of drug-likeness (QED) is 0.798. The van der Waals surface area contributed by atoms with Crippen LogP contribution in [0.15, 0.2) is 29.3 Å². The van der Waals surface area contributed by atoms with Gasteiger partial charge in [0.25, 0.3) is 5.56 Å². The predicted molar refractivity (Wildman–Crippen MR) is 112 cm³/mol. The minimum absolute atomic E-state index is 0.137. The van der Waals surface area contributed by atoms with Crippen LogP contribution in [0.5, 0.6) is 0 Å². The number of nitrogens with one attached hydrogen (secondary N) is 1. The van der Waals surface area contributed by atoms with Gasteiger partial charge in [0, 0.05) is 37.6 Å². The van der Waals surface area contributed by atoms with E-state index in [-0.39, 0.29) is 17.6 Å². The molecule has 3 atom stereocenters. The number of rotatable bonds is 5. The van der Waals surface area contributed by atoms with Gasteiger partial charge in [0.1, 0.15) is 11.6 Å². The molecule has 2 aliphatic rings. The molecule has 0 amide bonds. The summed E-state index contributed by atoms with van der Waals surface area (Å²) in [4.78, 5) is 23.4. The average molecular weight is 399 g/mol. The molecular weight excluding hydrogens is 368 g/mol. The Morgan fingerprint density at radius 2 is 1.90 bits per heavy atom. The third-order valence-electron chi connectivity index (χ3n) is 6.13. The van der Waals surface area contributed by atoms with Crippen LogP contribution in [-0.2, 0) is 0 Å². The molecular formula is C21H30N6O2. The fourth-order valence-corrected chi connectivity index (χ4v) is 4.49. The summed E-state index contributed by atoms with van der Waals surface area (Å²) in [6, 6.07) is 3.45. The molecule has 2 aromatic heterocycles. The van der Waals surface area contributed by atoms with E-state index in [0.717, 1.165) is 68.9 Å². The Labute approximate surface area is 171 Å². The molecule has 2 aromatic rings. The second-order valence-corrected chi connectivity index (χ2v) is 8.11. The van der Waals surface area contributed by atoms with Crippen molar-refractivity contribution in [3.05, 3.63) is 40.6 Å². The second kappa shape index (κ2) is 8.90. The van der Waals surface area contributed by atoms with Crippen LogP contribution in [-0.4, -0.2) is 50.1 Å². The maximum absolute atomic E-state index is 12.5. The van der Waals surface area contributed by atoms with E-state index in [1.165, 1.54) is 11.1 Å². The van der Waals surface area contributed by atoms with Crippen molar-refractivity contribution in [1.82, 2.24) is 19.7 Å². The fourth-order valence-electron chi connectivity index (χ4n) is 4.49. The molecule has 2 N–H and O–H groups in total. The highest BCUT2D eigenvalue weighted by Crippen LogP contribution is 2.28. The first-order chi connectivity index (χ1) is 14.1. The van der Waals surface area contributed by atoms with Gasteiger partial charge >= 0.3 is 0 Å². The number of nitrogens with zero attached hydrogens (tertiary/aromatic N) is 5. The van der Waals surface area contributed by atoms with Gasteiger partial charge in [-0.3, -0.25) is 9.78 Å². The maximum atomic E-state index is 12.5. The molecule has 1 aliphatic heterocycles. The maximum Gasteiger partial charge on any atom is 0.267 e. The highest BCUT2D eigenvalue weighted by atomic mass is 16.3. The van der Waals surface area contributed by atoms with Crippen molar-refractivity contribution >= 4 is 11.6 Å². The van der Waals surface area contributed by atoms with Crippen molar-refractivity contribution in [3.63, 3.8) is 0 Å². The van der Waals surface area contributed by atoms with Gasteiger partial charge in [-0.2, -0.15) is 5.10 Å². The number of hydrogen-bond acceptors (Lipinski definition) is 7. The molecule has 156 valence electrons. The van der Waals surface area contributed by atoms with Crippen molar-refractivity contribution < 1.29 is 5.11 Å². The zero-order valence-corrected chi connectivity index (χ0v) is 17.0. The molecule has 1 aliphatic carbocycles. The summed E-state index contributed by atoms with van der Waals surface area (Å²) in [6.45, 7) is 3.59. The summed E-state index contributed by atoms with van der Waals surface area (Å²) in [5.41, 5.74) is 0.745. The summed E-state index contributed by atoms with van der Waals surface area (Å²) in [5.74, 6) is 1.62. The Kier molecular flexibility index (Phi) is 6.08. The molecule has 2 fully saturated rings. The summed E-state index contributed by atoms with van der Waals surface area (Å²) in [5, 5.41) is 18.5. The first-order valence-electron chi connectivity index (χ1n) is 10.7. The van der Waals surface area contributed by atoms with E-state index < -0.39 is 6.10 Å². The van der Waals surface area contributed by atoms with Crippen LogP contribution in [0.2, 0.25) is 0 Å². The van der Waals surface area contributed by atoms with E-state index in [2.05, 4.69) is 20.2 Å². The van der Waals surface area contributed by atoms with Crippen LogP contribution in [0.25, 0.3) is 0 Å². The lowest BCUT2D eigenvalue weighted by Crippen LogP contribution is -2.45. The monoisotopic (exact) mass is 398 g/mol. The molecule has 8 heteroatoms. The van der Waals surface area contributed by atoms with Crippen LogP contribution in [0.4, 0.5) is 11.6 Å². The van der Waals surface area contributed by atoms with Crippen molar-refractivity contribution in [2.24, 2.45) is 0 Å². The highest BCUT2D eigenvalue weighted by Gasteiger charge is 2.28. The minimum atomic E-state index is -0.498. The first-order valence-corrected chi connectivity index (χ1v) is 10.7. The third kappa shape index (κ3) is 4.42. The van der Waals surface area contributed by atoms with Crippen molar-refractivity contribution in [3.8, 4) is 0 Å². The number of piperidine rings is 1. The molecule has 1 saturated heterocycles. The lowest BCUT2D eigenvalue weighted by atomic mass is 9.93. The van der Waals surface area contributed by atoms with Crippen LogP contribution in [0, 0.1) is 6.92 Å². The van der Waals surface area contributed by atoms with Gasteiger partial charge < -0.3 is 15.3 Å². The smallest absolute Gasteiger partial charge is 0.267 e. The van der Waals surface area contributed by atoms with E-state index >= 15 is 0 Å². The SMILES string of the molecule is Cc1nccnc1NCC1CCCCN1c1ccc(=O)n(C2CCCCC2O)n1. The van der Waals surface area contributed by atoms with Crippen molar-refractivity contribution in [2.75, 3.05) is 23.3 Å². The minimum Gasteiger partial charge on any atom is -0.391 e. The number of anilines is 2. The van der Waals surface area contributed by atoms with Crippen LogP contribution >= 0.6 is 0 Å². The average Bonchev–Trinajstić information content (AvgIpc) is 2.74. The van der Waals surface area contributed by atoms with Gasteiger partial charge in [0.2, 0.25) is 0 Å². The molecule has 8 nitrogen and oxygen atoms in total.